The van der Waals surface area contributed by atoms with E-state index in [0.717, 1.165) is 48.0 Å². The molecule has 108 valence electrons. The van der Waals surface area contributed by atoms with Gasteiger partial charge in [-0.2, -0.15) is 0 Å². The zero-order chi connectivity index (χ0) is 14.5. The van der Waals surface area contributed by atoms with Crippen LogP contribution in [0, 0.1) is 0 Å². The van der Waals surface area contributed by atoms with Crippen molar-refractivity contribution in [3.8, 4) is 0 Å². The van der Waals surface area contributed by atoms with Gasteiger partial charge in [-0.15, -0.1) is 0 Å². The van der Waals surface area contributed by atoms with Gasteiger partial charge in [-0.25, -0.2) is 9.97 Å². The van der Waals surface area contributed by atoms with Crippen LogP contribution in [0.2, 0.25) is 0 Å². The highest BCUT2D eigenvalue weighted by Crippen LogP contribution is 2.20. The predicted octanol–water partition coefficient (Wildman–Crippen LogP) is 3.72. The summed E-state index contributed by atoms with van der Waals surface area (Å²) in [4.78, 5) is 9.53. The van der Waals surface area contributed by atoms with Crippen molar-refractivity contribution in [1.29, 1.82) is 0 Å². The Kier molecular flexibility index (Phi) is 4.41. The van der Waals surface area contributed by atoms with Gasteiger partial charge in [-0.3, -0.25) is 0 Å². The number of nitrogens with one attached hydrogen (secondary N) is 1. The van der Waals surface area contributed by atoms with Gasteiger partial charge in [0.05, 0.1) is 22.1 Å². The SMILES string of the molecule is CCCNCCCc1cccc2nc3ccccc3nc12. The third kappa shape index (κ3) is 3.19. The number of aryl methyl sites for hydroxylation is 1. The summed E-state index contributed by atoms with van der Waals surface area (Å²) in [5.41, 5.74) is 5.27. The Bertz CT molecular complexity index is 737. The molecule has 0 saturated carbocycles. The molecule has 0 unspecified atom stereocenters. The Morgan fingerprint density at radius 1 is 0.857 bits per heavy atom. The Hall–Kier alpha value is -2.00. The molecule has 0 aliphatic rings. The number of fused-ring (bicyclic) bond motifs is 2. The van der Waals surface area contributed by atoms with E-state index in [4.69, 9.17) is 9.97 Å². The van der Waals surface area contributed by atoms with Crippen molar-refractivity contribution in [1.82, 2.24) is 15.3 Å². The van der Waals surface area contributed by atoms with Crippen LogP contribution in [0.25, 0.3) is 22.1 Å². The van der Waals surface area contributed by atoms with Crippen molar-refractivity contribution >= 4 is 22.1 Å². The second-order valence-corrected chi connectivity index (χ2v) is 5.35. The monoisotopic (exact) mass is 279 g/mol. The molecule has 3 nitrogen and oxygen atoms in total. The quantitative estimate of drug-likeness (QED) is 0.552. The predicted molar refractivity (Wildman–Crippen MR) is 88.5 cm³/mol. The standard InChI is InChI=1S/C18H21N3/c1-2-12-19-13-6-8-14-7-5-11-17-18(14)21-16-10-4-3-9-15(16)20-17/h3-5,7,9-11,19H,2,6,8,12-13H2,1H3. The second kappa shape index (κ2) is 6.64. The molecule has 0 amide bonds. The third-order valence-corrected chi connectivity index (χ3v) is 3.68. The van der Waals surface area contributed by atoms with Crippen LogP contribution in [0.1, 0.15) is 25.3 Å². The Morgan fingerprint density at radius 3 is 2.43 bits per heavy atom. The molecule has 2 aromatic carbocycles. The van der Waals surface area contributed by atoms with Crippen molar-refractivity contribution < 1.29 is 0 Å². The number of aromatic nitrogens is 2. The summed E-state index contributed by atoms with van der Waals surface area (Å²) in [6, 6.07) is 14.4. The minimum absolute atomic E-state index is 0.965. The average Bonchev–Trinajstić information content (AvgIpc) is 2.53. The van der Waals surface area contributed by atoms with E-state index in [-0.39, 0.29) is 0 Å². The smallest absolute Gasteiger partial charge is 0.0926 e. The molecule has 1 aromatic heterocycles. The molecule has 0 fully saturated rings. The molecule has 3 heteroatoms. The first-order chi connectivity index (χ1) is 10.4. The van der Waals surface area contributed by atoms with Gasteiger partial charge in [0, 0.05) is 0 Å². The summed E-state index contributed by atoms with van der Waals surface area (Å²) in [6.07, 6.45) is 3.36. The molecule has 21 heavy (non-hydrogen) atoms. The lowest BCUT2D eigenvalue weighted by Crippen LogP contribution is -2.16. The van der Waals surface area contributed by atoms with Crippen LogP contribution in [-0.2, 0) is 6.42 Å². The van der Waals surface area contributed by atoms with Gasteiger partial charge in [0.2, 0.25) is 0 Å². The minimum atomic E-state index is 0.965. The first kappa shape index (κ1) is 14.0. The second-order valence-electron chi connectivity index (χ2n) is 5.35. The summed E-state index contributed by atoms with van der Waals surface area (Å²) < 4.78 is 0. The molecule has 0 saturated heterocycles. The number of hydrogen-bond acceptors (Lipinski definition) is 3. The Balaban J connectivity index is 1.86. The van der Waals surface area contributed by atoms with Crippen LogP contribution in [0.5, 0.6) is 0 Å². The van der Waals surface area contributed by atoms with E-state index in [9.17, 15) is 0 Å². The topological polar surface area (TPSA) is 37.8 Å². The van der Waals surface area contributed by atoms with Crippen LogP contribution in [-0.4, -0.2) is 23.1 Å². The highest BCUT2D eigenvalue weighted by Gasteiger charge is 2.05. The molecular formula is C18H21N3. The maximum atomic E-state index is 4.81. The zero-order valence-electron chi connectivity index (χ0n) is 12.5. The number of rotatable bonds is 6. The van der Waals surface area contributed by atoms with Crippen molar-refractivity contribution in [2.45, 2.75) is 26.2 Å². The average molecular weight is 279 g/mol. The first-order valence-electron chi connectivity index (χ1n) is 7.73. The fourth-order valence-corrected chi connectivity index (χ4v) is 2.61. The first-order valence-corrected chi connectivity index (χ1v) is 7.73. The van der Waals surface area contributed by atoms with Gasteiger partial charge in [0.1, 0.15) is 0 Å². The zero-order valence-corrected chi connectivity index (χ0v) is 12.5. The van der Waals surface area contributed by atoms with Crippen molar-refractivity contribution in [3.05, 3.63) is 48.0 Å². The van der Waals surface area contributed by atoms with Crippen molar-refractivity contribution in [2.75, 3.05) is 13.1 Å². The van der Waals surface area contributed by atoms with E-state index in [1.807, 2.05) is 30.3 Å². The minimum Gasteiger partial charge on any atom is -0.317 e. The molecule has 0 bridgehead atoms. The molecule has 0 radical (unpaired) electrons. The molecule has 0 aliphatic heterocycles. The molecular weight excluding hydrogens is 258 g/mol. The molecule has 3 aromatic rings. The van der Waals surface area contributed by atoms with Gasteiger partial charge < -0.3 is 5.32 Å². The van der Waals surface area contributed by atoms with E-state index in [1.54, 1.807) is 0 Å². The lowest BCUT2D eigenvalue weighted by molar-refractivity contribution is 0.640. The van der Waals surface area contributed by atoms with Crippen LogP contribution in [0.4, 0.5) is 0 Å². The molecule has 0 atom stereocenters. The van der Waals surface area contributed by atoms with E-state index in [2.05, 4.69) is 24.4 Å². The summed E-state index contributed by atoms with van der Waals surface area (Å²) in [6.45, 7) is 4.35. The maximum Gasteiger partial charge on any atom is 0.0926 e. The highest BCUT2D eigenvalue weighted by atomic mass is 14.8. The largest absolute Gasteiger partial charge is 0.317 e. The molecule has 0 spiro atoms. The number of para-hydroxylation sites is 3. The third-order valence-electron chi connectivity index (χ3n) is 3.68. The normalized spacial score (nSPS) is 11.3. The Labute approximate surface area is 125 Å². The van der Waals surface area contributed by atoms with Crippen LogP contribution < -0.4 is 5.32 Å². The van der Waals surface area contributed by atoms with Crippen LogP contribution in [0.15, 0.2) is 42.5 Å². The fraction of sp³-hybridized carbons (Fsp3) is 0.333. The highest BCUT2D eigenvalue weighted by molar-refractivity contribution is 5.87. The number of nitrogens with zero attached hydrogens (tertiary/aromatic N) is 2. The van der Waals surface area contributed by atoms with E-state index >= 15 is 0 Å². The van der Waals surface area contributed by atoms with E-state index in [0.29, 0.717) is 0 Å². The maximum absolute atomic E-state index is 4.81. The van der Waals surface area contributed by atoms with Gasteiger partial charge in [0.25, 0.3) is 0 Å². The molecule has 3 rings (SSSR count). The molecule has 0 aliphatic carbocycles. The van der Waals surface area contributed by atoms with E-state index < -0.39 is 0 Å². The Morgan fingerprint density at radius 2 is 1.62 bits per heavy atom. The fourth-order valence-electron chi connectivity index (χ4n) is 2.61. The van der Waals surface area contributed by atoms with Crippen molar-refractivity contribution in [3.63, 3.8) is 0 Å². The van der Waals surface area contributed by atoms with Gasteiger partial charge >= 0.3 is 0 Å². The molecule has 1 heterocycles. The summed E-state index contributed by atoms with van der Waals surface area (Å²) in [5, 5.41) is 3.45. The number of hydrogen-bond donors (Lipinski definition) is 1. The summed E-state index contributed by atoms with van der Waals surface area (Å²) >= 11 is 0. The van der Waals surface area contributed by atoms with E-state index in [1.165, 1.54) is 12.0 Å². The van der Waals surface area contributed by atoms with Crippen LogP contribution in [0.3, 0.4) is 0 Å². The summed E-state index contributed by atoms with van der Waals surface area (Å²) in [7, 11) is 0. The van der Waals surface area contributed by atoms with Crippen molar-refractivity contribution in [2.24, 2.45) is 0 Å². The lowest BCUT2D eigenvalue weighted by Gasteiger charge is -2.07. The lowest BCUT2D eigenvalue weighted by atomic mass is 10.1. The van der Waals surface area contributed by atoms with Gasteiger partial charge in [-0.1, -0.05) is 31.2 Å². The summed E-state index contributed by atoms with van der Waals surface area (Å²) in [5.74, 6) is 0. The van der Waals surface area contributed by atoms with Gasteiger partial charge in [0.15, 0.2) is 0 Å². The van der Waals surface area contributed by atoms with Crippen LogP contribution >= 0.6 is 0 Å². The van der Waals surface area contributed by atoms with Gasteiger partial charge in [-0.05, 0) is 56.1 Å². The molecule has 1 N–H and O–H groups in total. The number of benzene rings is 2.